The van der Waals surface area contributed by atoms with Gasteiger partial charge in [0.15, 0.2) is 11.6 Å². The van der Waals surface area contributed by atoms with Crippen molar-refractivity contribution >= 4 is 5.95 Å². The molecule has 0 spiro atoms. The van der Waals surface area contributed by atoms with E-state index in [0.29, 0.717) is 12.4 Å². The normalized spacial score (nSPS) is 16.5. The van der Waals surface area contributed by atoms with Crippen molar-refractivity contribution in [3.63, 3.8) is 0 Å². The number of hydrogen-bond acceptors (Lipinski definition) is 5. The number of piperidine rings is 1. The van der Waals surface area contributed by atoms with Gasteiger partial charge in [0.1, 0.15) is 5.69 Å². The molecular formula is C18H23F2N5O. The number of rotatable bonds is 5. The van der Waals surface area contributed by atoms with Gasteiger partial charge in [0.05, 0.1) is 6.20 Å². The maximum atomic E-state index is 14.3. The number of nitrogens with one attached hydrogen (secondary N) is 2. The maximum Gasteiger partial charge on any atom is 0.286 e. The minimum Gasteiger partial charge on any atom is -0.351 e. The van der Waals surface area contributed by atoms with Crippen LogP contribution >= 0.6 is 0 Å². The molecule has 0 aliphatic carbocycles. The molecule has 0 bridgehead atoms. The molecule has 1 fully saturated rings. The van der Waals surface area contributed by atoms with Crippen LogP contribution in [0.25, 0.3) is 11.3 Å². The molecule has 3 rings (SSSR count). The van der Waals surface area contributed by atoms with Gasteiger partial charge < -0.3 is 15.2 Å². The fraction of sp³-hybridized carbons (Fsp3) is 0.500. The molecule has 8 heteroatoms. The zero-order valence-electron chi connectivity index (χ0n) is 14.9. The molecule has 2 N–H and O–H groups in total. The zero-order chi connectivity index (χ0) is 18.7. The molecule has 26 heavy (non-hydrogen) atoms. The molecule has 0 amide bonds. The Morgan fingerprint density at radius 2 is 2.08 bits per heavy atom. The Kier molecular flexibility index (Phi) is 5.61. The molecule has 2 aromatic heterocycles. The van der Waals surface area contributed by atoms with Crippen LogP contribution in [0.3, 0.4) is 0 Å². The first-order valence-electron chi connectivity index (χ1n) is 8.91. The topological polar surface area (TPSA) is 71.8 Å². The van der Waals surface area contributed by atoms with E-state index in [4.69, 9.17) is 0 Å². The second-order valence-corrected chi connectivity index (χ2v) is 6.61. The predicted octanol–water partition coefficient (Wildman–Crippen LogP) is 2.72. The van der Waals surface area contributed by atoms with Crippen LogP contribution in [0.4, 0.5) is 14.7 Å². The van der Waals surface area contributed by atoms with Crippen LogP contribution in [0.5, 0.6) is 0 Å². The fourth-order valence-corrected chi connectivity index (χ4v) is 3.01. The molecule has 0 saturated carbocycles. The molecule has 1 aliphatic rings. The van der Waals surface area contributed by atoms with Gasteiger partial charge in [-0.3, -0.25) is 4.79 Å². The second-order valence-electron chi connectivity index (χ2n) is 6.61. The highest BCUT2D eigenvalue weighted by Crippen LogP contribution is 2.23. The Morgan fingerprint density at radius 3 is 2.77 bits per heavy atom. The van der Waals surface area contributed by atoms with E-state index in [2.05, 4.69) is 20.6 Å². The first-order valence-corrected chi connectivity index (χ1v) is 8.91. The molecule has 2 aromatic rings. The van der Waals surface area contributed by atoms with E-state index in [9.17, 15) is 13.6 Å². The molecule has 1 aliphatic heterocycles. The summed E-state index contributed by atoms with van der Waals surface area (Å²) in [6.45, 7) is 5.51. The third-order valence-corrected chi connectivity index (χ3v) is 4.75. The van der Waals surface area contributed by atoms with Crippen LogP contribution in [0, 0.1) is 11.6 Å². The van der Waals surface area contributed by atoms with Gasteiger partial charge in [-0.15, -0.1) is 0 Å². The third-order valence-electron chi connectivity index (χ3n) is 4.75. The largest absolute Gasteiger partial charge is 0.351 e. The number of hydrogen-bond donors (Lipinski definition) is 2. The Morgan fingerprint density at radius 1 is 1.35 bits per heavy atom. The minimum absolute atomic E-state index is 0.0209. The summed E-state index contributed by atoms with van der Waals surface area (Å²) >= 11 is 0. The quantitative estimate of drug-likeness (QED) is 0.855. The predicted molar refractivity (Wildman–Crippen MR) is 96.2 cm³/mol. The van der Waals surface area contributed by atoms with Crippen LogP contribution in [-0.4, -0.2) is 33.7 Å². The first kappa shape index (κ1) is 18.4. The number of anilines is 1. The molecule has 0 aromatic carbocycles. The van der Waals surface area contributed by atoms with E-state index in [1.165, 1.54) is 10.8 Å². The van der Waals surface area contributed by atoms with E-state index in [-0.39, 0.29) is 23.3 Å². The van der Waals surface area contributed by atoms with Gasteiger partial charge in [0, 0.05) is 23.8 Å². The lowest BCUT2D eigenvalue weighted by Gasteiger charge is -2.23. The first-order chi connectivity index (χ1) is 12.5. The molecule has 0 radical (unpaired) electrons. The number of nitrogens with zero attached hydrogens (tertiary/aromatic N) is 3. The Labute approximate surface area is 150 Å². The van der Waals surface area contributed by atoms with Gasteiger partial charge >= 0.3 is 0 Å². The van der Waals surface area contributed by atoms with Crippen molar-refractivity contribution in [1.29, 1.82) is 0 Å². The van der Waals surface area contributed by atoms with Crippen LogP contribution in [0.2, 0.25) is 0 Å². The number of aromatic nitrogens is 3. The molecule has 1 unspecified atom stereocenters. The highest BCUT2D eigenvalue weighted by molar-refractivity contribution is 5.59. The molecule has 1 saturated heterocycles. The highest BCUT2D eigenvalue weighted by Gasteiger charge is 2.18. The zero-order valence-corrected chi connectivity index (χ0v) is 14.9. The van der Waals surface area contributed by atoms with Gasteiger partial charge in [-0.2, -0.15) is 0 Å². The standard InChI is InChI=1S/C18H23F2N5O/c1-3-11(2)25-10-12(8-14(19)17(25)26)16-15(20)9-22-18(24-16)23-13-4-6-21-7-5-13/h8-11,13,21H,3-7H2,1-2H3,(H,22,23,24). The average Bonchev–Trinajstić information content (AvgIpc) is 2.65. The van der Waals surface area contributed by atoms with Crippen molar-refractivity contribution in [3.8, 4) is 11.3 Å². The van der Waals surface area contributed by atoms with E-state index in [1.807, 2.05) is 13.8 Å². The second kappa shape index (κ2) is 7.90. The number of halogens is 2. The van der Waals surface area contributed by atoms with Crippen LogP contribution < -0.4 is 16.2 Å². The van der Waals surface area contributed by atoms with Crippen molar-refractivity contribution in [2.24, 2.45) is 0 Å². The summed E-state index contributed by atoms with van der Waals surface area (Å²) < 4.78 is 29.7. The van der Waals surface area contributed by atoms with Crippen LogP contribution in [0.1, 0.15) is 39.2 Å². The summed E-state index contributed by atoms with van der Waals surface area (Å²) in [6, 6.07) is 1.04. The summed E-state index contributed by atoms with van der Waals surface area (Å²) in [5.74, 6) is -1.28. The lowest BCUT2D eigenvalue weighted by molar-refractivity contribution is 0.476. The van der Waals surface area contributed by atoms with Crippen LogP contribution in [-0.2, 0) is 0 Å². The van der Waals surface area contributed by atoms with Crippen LogP contribution in [0.15, 0.2) is 23.3 Å². The van der Waals surface area contributed by atoms with Crippen molar-refractivity contribution in [2.45, 2.75) is 45.2 Å². The molecule has 3 heterocycles. The van der Waals surface area contributed by atoms with Gasteiger partial charge in [-0.1, -0.05) is 6.92 Å². The van der Waals surface area contributed by atoms with E-state index in [0.717, 1.165) is 38.2 Å². The Balaban J connectivity index is 1.96. The molecular weight excluding hydrogens is 340 g/mol. The molecule has 1 atom stereocenters. The number of pyridine rings is 1. The SMILES string of the molecule is CCC(C)n1cc(-c2nc(NC3CCNCC3)ncc2F)cc(F)c1=O. The van der Waals surface area contributed by atoms with E-state index < -0.39 is 17.2 Å². The average molecular weight is 363 g/mol. The summed E-state index contributed by atoms with van der Waals surface area (Å²) in [5, 5.41) is 6.47. The maximum absolute atomic E-state index is 14.3. The van der Waals surface area contributed by atoms with Crippen molar-refractivity contribution in [1.82, 2.24) is 19.9 Å². The van der Waals surface area contributed by atoms with Crippen molar-refractivity contribution in [2.75, 3.05) is 18.4 Å². The third kappa shape index (κ3) is 3.90. The van der Waals surface area contributed by atoms with E-state index in [1.54, 1.807) is 0 Å². The van der Waals surface area contributed by atoms with Crippen molar-refractivity contribution in [3.05, 3.63) is 40.4 Å². The summed E-state index contributed by atoms with van der Waals surface area (Å²) in [5.41, 5.74) is -0.520. The van der Waals surface area contributed by atoms with Gasteiger partial charge in [0.2, 0.25) is 5.95 Å². The molecule has 140 valence electrons. The van der Waals surface area contributed by atoms with Crippen molar-refractivity contribution < 1.29 is 8.78 Å². The highest BCUT2D eigenvalue weighted by atomic mass is 19.1. The minimum atomic E-state index is -0.923. The summed E-state index contributed by atoms with van der Waals surface area (Å²) in [4.78, 5) is 20.2. The lowest BCUT2D eigenvalue weighted by Crippen LogP contribution is -2.35. The monoisotopic (exact) mass is 363 g/mol. The molecule has 6 nitrogen and oxygen atoms in total. The van der Waals surface area contributed by atoms with Gasteiger partial charge in [-0.25, -0.2) is 18.7 Å². The summed E-state index contributed by atoms with van der Waals surface area (Å²) in [6.07, 6.45) is 5.02. The summed E-state index contributed by atoms with van der Waals surface area (Å²) in [7, 11) is 0. The van der Waals surface area contributed by atoms with Gasteiger partial charge in [0.25, 0.3) is 5.56 Å². The lowest BCUT2D eigenvalue weighted by atomic mass is 10.1. The smallest absolute Gasteiger partial charge is 0.286 e. The van der Waals surface area contributed by atoms with Gasteiger partial charge in [-0.05, 0) is 45.3 Å². The Hall–Kier alpha value is -2.35. The fourth-order valence-electron chi connectivity index (χ4n) is 3.01. The van der Waals surface area contributed by atoms with E-state index >= 15 is 0 Å². The Bertz CT molecular complexity index is 833.